The van der Waals surface area contributed by atoms with Crippen LogP contribution in [0.25, 0.3) is 0 Å². The number of halogens is 1. The molecule has 1 atom stereocenters. The fraction of sp³-hybridized carbons (Fsp3) is 0.400. The summed E-state index contributed by atoms with van der Waals surface area (Å²) >= 11 is 0. The Morgan fingerprint density at radius 3 is 2.79 bits per heavy atom. The lowest BCUT2D eigenvalue weighted by Gasteiger charge is -2.18. The lowest BCUT2D eigenvalue weighted by molar-refractivity contribution is 0.531. The minimum Gasteiger partial charge on any atom is -0.338 e. The number of aromatic nitrogens is 2. The van der Waals surface area contributed by atoms with Crippen LogP contribution in [0.1, 0.15) is 29.4 Å². The summed E-state index contributed by atoms with van der Waals surface area (Å²) in [5.41, 5.74) is 2.14. The van der Waals surface area contributed by atoms with E-state index in [4.69, 9.17) is 0 Å². The van der Waals surface area contributed by atoms with Gasteiger partial charge in [-0.1, -0.05) is 6.07 Å². The second-order valence-electron chi connectivity index (χ2n) is 4.84. The van der Waals surface area contributed by atoms with Crippen molar-refractivity contribution in [1.82, 2.24) is 14.9 Å². The summed E-state index contributed by atoms with van der Waals surface area (Å²) in [5, 5.41) is 3.30. The SMILES string of the molecule is CNC(CCc1nccn1C)c1ccc(F)cc1C. The van der Waals surface area contributed by atoms with E-state index in [2.05, 4.69) is 10.3 Å². The number of imidazole rings is 1. The molecule has 4 heteroatoms. The Morgan fingerprint density at radius 2 is 2.21 bits per heavy atom. The minimum absolute atomic E-state index is 0.180. The maximum absolute atomic E-state index is 13.1. The van der Waals surface area contributed by atoms with E-state index >= 15 is 0 Å². The zero-order valence-electron chi connectivity index (χ0n) is 11.7. The Kier molecular flexibility index (Phi) is 4.32. The zero-order valence-corrected chi connectivity index (χ0v) is 11.7. The van der Waals surface area contributed by atoms with Crippen molar-refractivity contribution in [1.29, 1.82) is 0 Å². The lowest BCUT2D eigenvalue weighted by atomic mass is 9.97. The first kappa shape index (κ1) is 13.7. The second kappa shape index (κ2) is 5.97. The topological polar surface area (TPSA) is 29.9 Å². The molecule has 0 radical (unpaired) electrons. The fourth-order valence-corrected chi connectivity index (χ4v) is 2.40. The van der Waals surface area contributed by atoms with Crippen LogP contribution < -0.4 is 5.32 Å². The first-order valence-corrected chi connectivity index (χ1v) is 6.51. The largest absolute Gasteiger partial charge is 0.338 e. The third kappa shape index (κ3) is 3.20. The average Bonchev–Trinajstić information content (AvgIpc) is 2.78. The van der Waals surface area contributed by atoms with Crippen LogP contribution in [0.5, 0.6) is 0 Å². The molecule has 0 bridgehead atoms. The van der Waals surface area contributed by atoms with Crippen molar-refractivity contribution in [3.63, 3.8) is 0 Å². The van der Waals surface area contributed by atoms with E-state index in [1.165, 1.54) is 6.07 Å². The third-order valence-electron chi connectivity index (χ3n) is 3.53. The zero-order chi connectivity index (χ0) is 13.8. The van der Waals surface area contributed by atoms with E-state index in [0.29, 0.717) is 0 Å². The maximum atomic E-state index is 13.1. The van der Waals surface area contributed by atoms with Gasteiger partial charge in [-0.05, 0) is 43.7 Å². The van der Waals surface area contributed by atoms with Crippen molar-refractivity contribution < 1.29 is 4.39 Å². The predicted octanol–water partition coefficient (Wildman–Crippen LogP) is 2.76. The first-order chi connectivity index (χ1) is 9.11. The summed E-state index contributed by atoms with van der Waals surface area (Å²) in [7, 11) is 3.94. The number of nitrogens with zero attached hydrogens (tertiary/aromatic N) is 2. The van der Waals surface area contributed by atoms with Crippen molar-refractivity contribution in [2.45, 2.75) is 25.8 Å². The highest BCUT2D eigenvalue weighted by molar-refractivity contribution is 5.29. The molecule has 1 aromatic carbocycles. The molecule has 0 aliphatic carbocycles. The van der Waals surface area contributed by atoms with Crippen LogP contribution in [0, 0.1) is 12.7 Å². The monoisotopic (exact) mass is 261 g/mol. The molecule has 2 aromatic rings. The van der Waals surface area contributed by atoms with E-state index in [9.17, 15) is 4.39 Å². The summed E-state index contributed by atoms with van der Waals surface area (Å²) in [5.74, 6) is 0.889. The van der Waals surface area contributed by atoms with E-state index in [-0.39, 0.29) is 11.9 Å². The van der Waals surface area contributed by atoms with Gasteiger partial charge < -0.3 is 9.88 Å². The Hall–Kier alpha value is -1.68. The highest BCUT2D eigenvalue weighted by atomic mass is 19.1. The standard InChI is InChI=1S/C15H20FN3/c1-11-10-12(16)4-5-13(11)14(17-2)6-7-15-18-8-9-19(15)3/h4-5,8-10,14,17H,6-7H2,1-3H3. The van der Waals surface area contributed by atoms with Gasteiger partial charge in [0.1, 0.15) is 11.6 Å². The molecule has 0 amide bonds. The summed E-state index contributed by atoms with van der Waals surface area (Å²) in [6.07, 6.45) is 5.60. The van der Waals surface area contributed by atoms with Crippen LogP contribution in [-0.4, -0.2) is 16.6 Å². The predicted molar refractivity (Wildman–Crippen MR) is 74.5 cm³/mol. The van der Waals surface area contributed by atoms with Gasteiger partial charge in [0, 0.05) is 31.9 Å². The molecule has 19 heavy (non-hydrogen) atoms. The van der Waals surface area contributed by atoms with Crippen molar-refractivity contribution in [2.75, 3.05) is 7.05 Å². The summed E-state index contributed by atoms with van der Waals surface area (Å²) in [4.78, 5) is 4.33. The molecular formula is C15H20FN3. The van der Waals surface area contributed by atoms with Gasteiger partial charge in [0.25, 0.3) is 0 Å². The molecule has 1 N–H and O–H groups in total. The smallest absolute Gasteiger partial charge is 0.123 e. The molecule has 2 rings (SSSR count). The molecule has 0 fully saturated rings. The molecule has 0 saturated heterocycles. The lowest BCUT2D eigenvalue weighted by Crippen LogP contribution is -2.19. The van der Waals surface area contributed by atoms with Crippen molar-refractivity contribution in [3.05, 3.63) is 53.4 Å². The van der Waals surface area contributed by atoms with Gasteiger partial charge in [-0.25, -0.2) is 9.37 Å². The van der Waals surface area contributed by atoms with Crippen LogP contribution in [0.3, 0.4) is 0 Å². The average molecular weight is 261 g/mol. The van der Waals surface area contributed by atoms with Crippen molar-refractivity contribution >= 4 is 0 Å². The maximum Gasteiger partial charge on any atom is 0.123 e. The highest BCUT2D eigenvalue weighted by Crippen LogP contribution is 2.22. The van der Waals surface area contributed by atoms with Crippen molar-refractivity contribution in [3.8, 4) is 0 Å². The minimum atomic E-state index is -0.180. The number of aryl methyl sites for hydroxylation is 3. The molecule has 0 aliphatic rings. The van der Waals surface area contributed by atoms with Gasteiger partial charge in [0.2, 0.25) is 0 Å². The van der Waals surface area contributed by atoms with Gasteiger partial charge in [-0.15, -0.1) is 0 Å². The van der Waals surface area contributed by atoms with E-state index in [1.54, 1.807) is 6.07 Å². The van der Waals surface area contributed by atoms with E-state index in [0.717, 1.165) is 29.8 Å². The van der Waals surface area contributed by atoms with Gasteiger partial charge in [0.05, 0.1) is 0 Å². The van der Waals surface area contributed by atoms with Gasteiger partial charge in [-0.2, -0.15) is 0 Å². The number of benzene rings is 1. The molecule has 1 heterocycles. The Labute approximate surface area is 113 Å². The van der Waals surface area contributed by atoms with Crippen molar-refractivity contribution in [2.24, 2.45) is 7.05 Å². The Morgan fingerprint density at radius 1 is 1.42 bits per heavy atom. The molecule has 0 saturated carbocycles. The Balaban J connectivity index is 2.10. The number of hydrogen-bond donors (Lipinski definition) is 1. The second-order valence-corrected chi connectivity index (χ2v) is 4.84. The quantitative estimate of drug-likeness (QED) is 0.897. The molecule has 1 aromatic heterocycles. The molecular weight excluding hydrogens is 241 g/mol. The molecule has 1 unspecified atom stereocenters. The summed E-state index contributed by atoms with van der Waals surface area (Å²) in [6.45, 7) is 1.95. The molecule has 102 valence electrons. The van der Waals surface area contributed by atoms with Gasteiger partial charge in [0.15, 0.2) is 0 Å². The van der Waals surface area contributed by atoms with Crippen LogP contribution in [0.2, 0.25) is 0 Å². The fourth-order valence-electron chi connectivity index (χ4n) is 2.40. The van der Waals surface area contributed by atoms with Crippen LogP contribution >= 0.6 is 0 Å². The summed E-state index contributed by atoms with van der Waals surface area (Å²) < 4.78 is 15.2. The van der Waals surface area contributed by atoms with Crippen LogP contribution in [-0.2, 0) is 13.5 Å². The van der Waals surface area contributed by atoms with E-state index in [1.807, 2.05) is 44.0 Å². The molecule has 3 nitrogen and oxygen atoms in total. The molecule has 0 spiro atoms. The first-order valence-electron chi connectivity index (χ1n) is 6.51. The van der Waals surface area contributed by atoms with Gasteiger partial charge >= 0.3 is 0 Å². The number of hydrogen-bond acceptors (Lipinski definition) is 2. The Bertz CT molecular complexity index is 548. The summed E-state index contributed by atoms with van der Waals surface area (Å²) in [6, 6.07) is 5.19. The van der Waals surface area contributed by atoms with Crippen LogP contribution in [0.15, 0.2) is 30.6 Å². The third-order valence-corrected chi connectivity index (χ3v) is 3.53. The number of nitrogens with one attached hydrogen (secondary N) is 1. The highest BCUT2D eigenvalue weighted by Gasteiger charge is 2.13. The van der Waals surface area contributed by atoms with E-state index < -0.39 is 0 Å². The number of rotatable bonds is 5. The molecule has 0 aliphatic heterocycles. The normalized spacial score (nSPS) is 12.6. The van der Waals surface area contributed by atoms with Gasteiger partial charge in [-0.3, -0.25) is 0 Å². The van der Waals surface area contributed by atoms with Crippen LogP contribution in [0.4, 0.5) is 4.39 Å².